The van der Waals surface area contributed by atoms with Crippen molar-refractivity contribution in [3.05, 3.63) is 28.0 Å². The third-order valence-electron chi connectivity index (χ3n) is 2.29. The Hall–Kier alpha value is -0.750. The van der Waals surface area contributed by atoms with E-state index in [9.17, 15) is 9.18 Å². The zero-order valence-corrected chi connectivity index (χ0v) is 12.1. The average Bonchev–Trinajstić information content (AvgIpc) is 2.29. The van der Waals surface area contributed by atoms with Crippen LogP contribution in [0.5, 0.6) is 0 Å². The number of nitrogens with two attached hydrogens (primary N) is 1. The molecule has 1 aromatic carbocycles. The topological polar surface area (TPSA) is 46.3 Å². The van der Waals surface area contributed by atoms with Crippen LogP contribution in [0.3, 0.4) is 0 Å². The largest absolute Gasteiger partial charge is 0.396 e. The molecule has 6 heteroatoms. The summed E-state index contributed by atoms with van der Waals surface area (Å²) in [6.45, 7) is 0.643. The summed E-state index contributed by atoms with van der Waals surface area (Å²) < 4.78 is 13.6. The van der Waals surface area contributed by atoms with Crippen LogP contribution in [-0.2, 0) is 0 Å². The molecule has 0 aliphatic carbocycles. The van der Waals surface area contributed by atoms with Gasteiger partial charge in [0.2, 0.25) is 0 Å². The first-order chi connectivity index (χ1) is 7.97. The maximum atomic E-state index is 13.1. The van der Waals surface area contributed by atoms with E-state index in [-0.39, 0.29) is 11.6 Å². The van der Waals surface area contributed by atoms with Gasteiger partial charge in [-0.15, -0.1) is 0 Å². The number of rotatable bonds is 4. The highest BCUT2D eigenvalue weighted by molar-refractivity contribution is 9.10. The van der Waals surface area contributed by atoms with Crippen LogP contribution in [-0.4, -0.2) is 36.4 Å². The molecule has 0 radical (unpaired) electrons. The second-order valence-corrected chi connectivity index (χ2v) is 5.41. The number of hydrogen-bond acceptors (Lipinski definition) is 3. The summed E-state index contributed by atoms with van der Waals surface area (Å²) in [7, 11) is 1.71. The number of hydrogen-bond donors (Lipinski definition) is 1. The predicted molar refractivity (Wildman–Crippen MR) is 73.9 cm³/mol. The number of carbonyl (C=O) groups is 1. The van der Waals surface area contributed by atoms with Crippen molar-refractivity contribution in [2.75, 3.05) is 31.3 Å². The quantitative estimate of drug-likeness (QED) is 0.867. The number of nitrogen functional groups attached to an aromatic ring is 1. The molecule has 0 heterocycles. The Kier molecular flexibility index (Phi) is 5.27. The molecule has 0 aliphatic heterocycles. The van der Waals surface area contributed by atoms with Gasteiger partial charge in [-0.05, 0) is 34.3 Å². The van der Waals surface area contributed by atoms with E-state index >= 15 is 0 Å². The first-order valence-electron chi connectivity index (χ1n) is 4.96. The van der Waals surface area contributed by atoms with Gasteiger partial charge >= 0.3 is 0 Å². The Balaban J connectivity index is 2.92. The SMILES string of the molecule is CSCCN(C)C(=O)c1cc(N)c(F)cc1Br. The fraction of sp³-hybridized carbons (Fsp3) is 0.364. The molecule has 94 valence electrons. The van der Waals surface area contributed by atoms with E-state index in [0.717, 1.165) is 5.75 Å². The Labute approximate surface area is 113 Å². The van der Waals surface area contributed by atoms with Gasteiger partial charge in [-0.25, -0.2) is 4.39 Å². The van der Waals surface area contributed by atoms with E-state index in [0.29, 0.717) is 16.6 Å². The van der Waals surface area contributed by atoms with Crippen LogP contribution in [0.4, 0.5) is 10.1 Å². The number of benzene rings is 1. The van der Waals surface area contributed by atoms with E-state index in [1.165, 1.54) is 12.1 Å². The van der Waals surface area contributed by atoms with Gasteiger partial charge in [0.1, 0.15) is 5.82 Å². The maximum Gasteiger partial charge on any atom is 0.254 e. The molecule has 2 N–H and O–H groups in total. The molecular weight excluding hydrogens is 307 g/mol. The maximum absolute atomic E-state index is 13.1. The molecule has 1 rings (SSSR count). The second-order valence-electron chi connectivity index (χ2n) is 3.57. The summed E-state index contributed by atoms with van der Waals surface area (Å²) in [5, 5.41) is 0. The van der Waals surface area contributed by atoms with Crippen molar-refractivity contribution in [2.45, 2.75) is 0 Å². The fourth-order valence-electron chi connectivity index (χ4n) is 1.27. The number of thioether (sulfide) groups is 1. The van der Waals surface area contributed by atoms with Gasteiger partial charge in [0.25, 0.3) is 5.91 Å². The fourth-order valence-corrected chi connectivity index (χ4v) is 2.21. The highest BCUT2D eigenvalue weighted by Gasteiger charge is 2.16. The molecule has 1 aromatic rings. The van der Waals surface area contributed by atoms with Crippen LogP contribution in [0.2, 0.25) is 0 Å². The normalized spacial score (nSPS) is 10.4. The van der Waals surface area contributed by atoms with Crippen molar-refractivity contribution in [1.82, 2.24) is 4.90 Å². The Morgan fingerprint density at radius 2 is 2.24 bits per heavy atom. The van der Waals surface area contributed by atoms with Crippen molar-refractivity contribution in [2.24, 2.45) is 0 Å². The lowest BCUT2D eigenvalue weighted by molar-refractivity contribution is 0.0803. The molecule has 0 atom stereocenters. The highest BCUT2D eigenvalue weighted by atomic mass is 79.9. The minimum Gasteiger partial charge on any atom is -0.396 e. The van der Waals surface area contributed by atoms with Gasteiger partial charge in [-0.2, -0.15) is 11.8 Å². The average molecular weight is 321 g/mol. The number of halogens is 2. The number of nitrogens with zero attached hydrogens (tertiary/aromatic N) is 1. The lowest BCUT2D eigenvalue weighted by Gasteiger charge is -2.17. The lowest BCUT2D eigenvalue weighted by Crippen LogP contribution is -2.29. The number of carbonyl (C=O) groups excluding carboxylic acids is 1. The first kappa shape index (κ1) is 14.3. The van der Waals surface area contributed by atoms with Crippen molar-refractivity contribution in [3.63, 3.8) is 0 Å². The summed E-state index contributed by atoms with van der Waals surface area (Å²) >= 11 is 4.83. The van der Waals surface area contributed by atoms with E-state index < -0.39 is 5.82 Å². The molecule has 0 aliphatic rings. The molecule has 3 nitrogen and oxygen atoms in total. The van der Waals surface area contributed by atoms with Crippen molar-refractivity contribution in [3.8, 4) is 0 Å². The van der Waals surface area contributed by atoms with Gasteiger partial charge in [-0.1, -0.05) is 0 Å². The van der Waals surface area contributed by atoms with Gasteiger partial charge in [0.05, 0.1) is 11.3 Å². The van der Waals surface area contributed by atoms with E-state index in [1.54, 1.807) is 23.7 Å². The van der Waals surface area contributed by atoms with E-state index in [4.69, 9.17) is 5.73 Å². The van der Waals surface area contributed by atoms with Gasteiger partial charge < -0.3 is 10.6 Å². The molecule has 0 bridgehead atoms. The zero-order chi connectivity index (χ0) is 13.0. The number of amides is 1. The van der Waals surface area contributed by atoms with Crippen LogP contribution in [0.1, 0.15) is 10.4 Å². The monoisotopic (exact) mass is 320 g/mol. The molecule has 0 saturated carbocycles. The Morgan fingerprint density at radius 1 is 1.59 bits per heavy atom. The molecule has 17 heavy (non-hydrogen) atoms. The van der Waals surface area contributed by atoms with Crippen LogP contribution in [0.25, 0.3) is 0 Å². The van der Waals surface area contributed by atoms with Crippen molar-refractivity contribution < 1.29 is 9.18 Å². The van der Waals surface area contributed by atoms with Crippen LogP contribution >= 0.6 is 27.7 Å². The summed E-state index contributed by atoms with van der Waals surface area (Å²) in [5.74, 6) is 0.161. The minimum atomic E-state index is -0.528. The van der Waals surface area contributed by atoms with Crippen LogP contribution < -0.4 is 5.73 Å². The third kappa shape index (κ3) is 3.61. The second kappa shape index (κ2) is 6.26. The standard InChI is InChI=1S/C11H14BrFN2OS/c1-15(3-4-17-2)11(16)7-5-10(14)9(13)6-8(7)12/h5-6H,3-4,14H2,1-2H3. The van der Waals surface area contributed by atoms with Gasteiger partial charge in [0.15, 0.2) is 0 Å². The lowest BCUT2D eigenvalue weighted by atomic mass is 10.1. The Morgan fingerprint density at radius 3 is 2.82 bits per heavy atom. The predicted octanol–water partition coefficient (Wildman–Crippen LogP) is 2.61. The molecule has 0 spiro atoms. The summed E-state index contributed by atoms with van der Waals surface area (Å²) in [4.78, 5) is 13.6. The van der Waals surface area contributed by atoms with Crippen LogP contribution in [0.15, 0.2) is 16.6 Å². The number of anilines is 1. The Bertz CT molecular complexity index is 428. The molecule has 1 amide bonds. The summed E-state index contributed by atoms with van der Waals surface area (Å²) in [6.07, 6.45) is 1.98. The molecular formula is C11H14BrFN2OS. The molecule has 0 saturated heterocycles. The van der Waals surface area contributed by atoms with Gasteiger partial charge in [0, 0.05) is 23.8 Å². The summed E-state index contributed by atoms with van der Waals surface area (Å²) in [5.41, 5.74) is 5.82. The highest BCUT2D eigenvalue weighted by Crippen LogP contribution is 2.23. The molecule has 0 unspecified atom stereocenters. The van der Waals surface area contributed by atoms with E-state index in [1.807, 2.05) is 6.26 Å². The van der Waals surface area contributed by atoms with E-state index in [2.05, 4.69) is 15.9 Å². The third-order valence-corrected chi connectivity index (χ3v) is 3.54. The minimum absolute atomic E-state index is 0.0187. The summed E-state index contributed by atoms with van der Waals surface area (Å²) in [6, 6.07) is 2.57. The van der Waals surface area contributed by atoms with Crippen LogP contribution in [0, 0.1) is 5.82 Å². The zero-order valence-electron chi connectivity index (χ0n) is 9.67. The molecule has 0 aromatic heterocycles. The molecule has 0 fully saturated rings. The van der Waals surface area contributed by atoms with Crippen molar-refractivity contribution >= 4 is 39.3 Å². The first-order valence-corrected chi connectivity index (χ1v) is 7.15. The van der Waals surface area contributed by atoms with Gasteiger partial charge in [-0.3, -0.25) is 4.79 Å². The smallest absolute Gasteiger partial charge is 0.254 e. The van der Waals surface area contributed by atoms with Crippen molar-refractivity contribution in [1.29, 1.82) is 0 Å².